The lowest BCUT2D eigenvalue weighted by molar-refractivity contribution is -0.131. The van der Waals surface area contributed by atoms with Crippen molar-refractivity contribution in [1.29, 1.82) is 5.26 Å². The second kappa shape index (κ2) is 10.5. The number of amides is 1. The van der Waals surface area contributed by atoms with Gasteiger partial charge in [-0.2, -0.15) is 5.26 Å². The van der Waals surface area contributed by atoms with Crippen LogP contribution in [0.3, 0.4) is 0 Å². The molecule has 1 aliphatic carbocycles. The lowest BCUT2D eigenvalue weighted by Crippen LogP contribution is -2.35. The van der Waals surface area contributed by atoms with E-state index in [9.17, 15) is 4.79 Å². The molecular formula is C23H33N3O. The summed E-state index contributed by atoms with van der Waals surface area (Å²) in [5.74, 6) is 1.23. The molecule has 4 nitrogen and oxygen atoms in total. The fourth-order valence-electron chi connectivity index (χ4n) is 4.50. The van der Waals surface area contributed by atoms with E-state index < -0.39 is 0 Å². The minimum absolute atomic E-state index is 0.353. The summed E-state index contributed by atoms with van der Waals surface area (Å²) in [6.07, 6.45) is 11.0. The largest absolute Gasteiger partial charge is 0.341 e. The van der Waals surface area contributed by atoms with Crippen LogP contribution in [-0.2, 0) is 11.3 Å². The second-order valence-corrected chi connectivity index (χ2v) is 8.22. The first-order chi connectivity index (χ1) is 13.2. The highest BCUT2D eigenvalue weighted by atomic mass is 16.2. The molecule has 1 saturated heterocycles. The molecule has 1 aromatic carbocycles. The maximum Gasteiger partial charge on any atom is 0.222 e. The summed E-state index contributed by atoms with van der Waals surface area (Å²) in [5, 5.41) is 8.91. The Morgan fingerprint density at radius 1 is 1.00 bits per heavy atom. The Balaban J connectivity index is 1.39. The van der Waals surface area contributed by atoms with E-state index in [-0.39, 0.29) is 0 Å². The summed E-state index contributed by atoms with van der Waals surface area (Å²) in [6, 6.07) is 10.0. The molecule has 27 heavy (non-hydrogen) atoms. The quantitative estimate of drug-likeness (QED) is 0.751. The first-order valence-electron chi connectivity index (χ1n) is 10.7. The van der Waals surface area contributed by atoms with Crippen LogP contribution in [-0.4, -0.2) is 41.9 Å². The molecule has 0 spiro atoms. The van der Waals surface area contributed by atoms with E-state index in [1.165, 1.54) is 44.1 Å². The molecule has 146 valence electrons. The number of hydrogen-bond donors (Lipinski definition) is 0. The summed E-state index contributed by atoms with van der Waals surface area (Å²) in [4.78, 5) is 17.1. The molecule has 4 heteroatoms. The van der Waals surface area contributed by atoms with Gasteiger partial charge in [0.2, 0.25) is 5.91 Å². The molecule has 0 atom stereocenters. The monoisotopic (exact) mass is 367 g/mol. The van der Waals surface area contributed by atoms with Gasteiger partial charge in [0.05, 0.1) is 11.6 Å². The highest BCUT2D eigenvalue weighted by Crippen LogP contribution is 2.27. The van der Waals surface area contributed by atoms with Gasteiger partial charge in [0.15, 0.2) is 0 Å². The average Bonchev–Trinajstić information content (AvgIpc) is 2.95. The van der Waals surface area contributed by atoms with Crippen LogP contribution in [0.2, 0.25) is 0 Å². The maximum absolute atomic E-state index is 12.6. The third-order valence-corrected chi connectivity index (χ3v) is 6.16. The van der Waals surface area contributed by atoms with Gasteiger partial charge in [-0.15, -0.1) is 0 Å². The maximum atomic E-state index is 12.6. The van der Waals surface area contributed by atoms with E-state index in [0.29, 0.717) is 11.5 Å². The zero-order valence-corrected chi connectivity index (χ0v) is 16.5. The fraction of sp³-hybridized carbons (Fsp3) is 0.652. The third kappa shape index (κ3) is 6.36. The normalized spacial score (nSPS) is 19.4. The van der Waals surface area contributed by atoms with Gasteiger partial charge >= 0.3 is 0 Å². The van der Waals surface area contributed by atoms with Crippen LogP contribution in [0.4, 0.5) is 0 Å². The number of nitrogens with zero attached hydrogens (tertiary/aromatic N) is 3. The smallest absolute Gasteiger partial charge is 0.222 e. The van der Waals surface area contributed by atoms with E-state index in [4.69, 9.17) is 5.26 Å². The van der Waals surface area contributed by atoms with Gasteiger partial charge in [-0.05, 0) is 42.9 Å². The Morgan fingerprint density at radius 2 is 1.78 bits per heavy atom. The number of benzene rings is 1. The minimum atomic E-state index is 0.353. The van der Waals surface area contributed by atoms with E-state index >= 15 is 0 Å². The van der Waals surface area contributed by atoms with Crippen LogP contribution in [0.25, 0.3) is 0 Å². The van der Waals surface area contributed by atoms with Crippen molar-refractivity contribution in [2.45, 2.75) is 64.3 Å². The standard InChI is InChI=1S/C23H33N3O/c24-18-21-10-12-22(13-11-21)19-25-14-5-15-26(17-16-25)23(27)9-4-8-20-6-2-1-3-7-20/h10-13,20H,1-9,14-17,19H2. The minimum Gasteiger partial charge on any atom is -0.341 e. The SMILES string of the molecule is N#Cc1ccc(CN2CCCN(C(=O)CCCC3CCCCC3)CC2)cc1. The first kappa shape index (κ1) is 19.9. The molecule has 1 aromatic rings. The lowest BCUT2D eigenvalue weighted by atomic mass is 9.86. The molecule has 0 aromatic heterocycles. The molecule has 2 aliphatic rings. The summed E-state index contributed by atoms with van der Waals surface area (Å²) in [5.41, 5.74) is 1.95. The summed E-state index contributed by atoms with van der Waals surface area (Å²) in [7, 11) is 0. The van der Waals surface area contributed by atoms with E-state index in [0.717, 1.165) is 57.9 Å². The predicted molar refractivity (Wildman–Crippen MR) is 108 cm³/mol. The highest BCUT2D eigenvalue weighted by molar-refractivity contribution is 5.76. The van der Waals surface area contributed by atoms with Crippen molar-refractivity contribution < 1.29 is 4.79 Å². The number of hydrogen-bond acceptors (Lipinski definition) is 3. The van der Waals surface area contributed by atoms with E-state index in [1.54, 1.807) is 0 Å². The van der Waals surface area contributed by atoms with Gasteiger partial charge in [-0.1, -0.05) is 44.2 Å². The van der Waals surface area contributed by atoms with Gasteiger partial charge in [-0.3, -0.25) is 9.69 Å². The molecule has 0 bridgehead atoms. The number of carbonyl (C=O) groups is 1. The molecule has 0 unspecified atom stereocenters. The molecule has 1 saturated carbocycles. The first-order valence-corrected chi connectivity index (χ1v) is 10.7. The number of nitriles is 1. The van der Waals surface area contributed by atoms with Crippen LogP contribution in [0.15, 0.2) is 24.3 Å². The van der Waals surface area contributed by atoms with Gasteiger partial charge < -0.3 is 4.90 Å². The molecule has 1 heterocycles. The molecule has 0 N–H and O–H groups in total. The topological polar surface area (TPSA) is 47.3 Å². The zero-order valence-electron chi connectivity index (χ0n) is 16.5. The molecule has 0 radical (unpaired) electrons. The van der Waals surface area contributed by atoms with Crippen LogP contribution in [0, 0.1) is 17.2 Å². The molecular weight excluding hydrogens is 334 g/mol. The van der Waals surface area contributed by atoms with Crippen LogP contribution >= 0.6 is 0 Å². The Bertz CT molecular complexity index is 628. The lowest BCUT2D eigenvalue weighted by Gasteiger charge is -2.23. The highest BCUT2D eigenvalue weighted by Gasteiger charge is 2.20. The molecule has 1 amide bonds. The summed E-state index contributed by atoms with van der Waals surface area (Å²) < 4.78 is 0. The average molecular weight is 368 g/mol. The Morgan fingerprint density at radius 3 is 2.52 bits per heavy atom. The van der Waals surface area contributed by atoms with Crippen LogP contribution in [0.5, 0.6) is 0 Å². The van der Waals surface area contributed by atoms with Crippen molar-refractivity contribution in [1.82, 2.24) is 9.80 Å². The predicted octanol–water partition coefficient (Wildman–Crippen LogP) is 4.34. The van der Waals surface area contributed by atoms with Crippen molar-refractivity contribution >= 4 is 5.91 Å². The van der Waals surface area contributed by atoms with E-state index in [2.05, 4.69) is 15.9 Å². The summed E-state index contributed by atoms with van der Waals surface area (Å²) in [6.45, 7) is 4.61. The number of rotatable bonds is 6. The Hall–Kier alpha value is -1.86. The van der Waals surface area contributed by atoms with Crippen molar-refractivity contribution in [3.05, 3.63) is 35.4 Å². The molecule has 3 rings (SSSR count). The molecule has 1 aliphatic heterocycles. The van der Waals surface area contributed by atoms with Crippen molar-refractivity contribution in [3.8, 4) is 6.07 Å². The van der Waals surface area contributed by atoms with E-state index in [1.807, 2.05) is 24.3 Å². The van der Waals surface area contributed by atoms with Gasteiger partial charge in [0, 0.05) is 39.1 Å². The van der Waals surface area contributed by atoms with Crippen molar-refractivity contribution in [2.75, 3.05) is 26.2 Å². The molecule has 2 fully saturated rings. The Kier molecular flexibility index (Phi) is 7.71. The Labute approximate surface area is 164 Å². The van der Waals surface area contributed by atoms with Crippen LogP contribution in [0.1, 0.15) is 68.9 Å². The zero-order chi connectivity index (χ0) is 18.9. The third-order valence-electron chi connectivity index (χ3n) is 6.16. The van der Waals surface area contributed by atoms with Crippen molar-refractivity contribution in [2.24, 2.45) is 5.92 Å². The van der Waals surface area contributed by atoms with Gasteiger partial charge in [0.25, 0.3) is 0 Å². The van der Waals surface area contributed by atoms with Crippen molar-refractivity contribution in [3.63, 3.8) is 0 Å². The second-order valence-electron chi connectivity index (χ2n) is 8.22. The fourth-order valence-corrected chi connectivity index (χ4v) is 4.50. The van der Waals surface area contributed by atoms with Gasteiger partial charge in [-0.25, -0.2) is 0 Å². The number of carbonyl (C=O) groups excluding carboxylic acids is 1. The van der Waals surface area contributed by atoms with Crippen LogP contribution < -0.4 is 0 Å². The summed E-state index contributed by atoms with van der Waals surface area (Å²) >= 11 is 0. The van der Waals surface area contributed by atoms with Gasteiger partial charge in [0.1, 0.15) is 0 Å².